The summed E-state index contributed by atoms with van der Waals surface area (Å²) in [6.45, 7) is 2.34. The topological polar surface area (TPSA) is 46.5 Å². The lowest BCUT2D eigenvalue weighted by molar-refractivity contribution is 0.0699. The molecule has 106 valence electrons. The molecule has 0 unspecified atom stereocenters. The zero-order valence-corrected chi connectivity index (χ0v) is 11.4. The summed E-state index contributed by atoms with van der Waals surface area (Å²) in [7, 11) is 0. The molecule has 0 radical (unpaired) electrons. The number of nitriles is 1. The summed E-state index contributed by atoms with van der Waals surface area (Å²) in [6.07, 6.45) is 5.73. The van der Waals surface area contributed by atoms with Crippen LogP contribution in [0.25, 0.3) is 11.1 Å². The first-order valence-electron chi connectivity index (χ1n) is 6.44. The van der Waals surface area contributed by atoms with Crippen LogP contribution in [0.2, 0.25) is 0 Å². The Morgan fingerprint density at radius 3 is 2.60 bits per heavy atom. The third kappa shape index (κ3) is 3.05. The van der Waals surface area contributed by atoms with E-state index in [0.29, 0.717) is 16.0 Å². The van der Waals surface area contributed by atoms with Gasteiger partial charge in [-0.1, -0.05) is 13.8 Å². The van der Waals surface area contributed by atoms with Crippen LogP contribution in [-0.2, 0) is 6.54 Å². The van der Waals surface area contributed by atoms with Crippen molar-refractivity contribution in [1.82, 2.24) is 14.3 Å². The summed E-state index contributed by atoms with van der Waals surface area (Å²) in [5.41, 5.74) is 1.27. The second kappa shape index (κ2) is 5.87. The minimum Gasteiger partial charge on any atom is -0.282 e. The van der Waals surface area contributed by atoms with Crippen molar-refractivity contribution in [2.75, 3.05) is 0 Å². The highest BCUT2D eigenvalue weighted by Crippen LogP contribution is 2.25. The van der Waals surface area contributed by atoms with E-state index < -0.39 is 6.55 Å². The predicted molar refractivity (Wildman–Crippen MR) is 71.1 cm³/mol. The number of hydrogen-bond acceptors (Lipinski definition) is 2. The van der Waals surface area contributed by atoms with Gasteiger partial charge in [-0.3, -0.25) is 9.25 Å². The highest BCUT2D eigenvalue weighted by Gasteiger charge is 2.14. The molecule has 0 aliphatic rings. The number of aromatic nitrogens is 3. The van der Waals surface area contributed by atoms with Crippen LogP contribution in [0.5, 0.6) is 0 Å². The first-order valence-corrected chi connectivity index (χ1v) is 6.44. The molecule has 0 N–H and O–H groups in total. The molecule has 0 aliphatic heterocycles. The van der Waals surface area contributed by atoms with Crippen LogP contribution in [0, 0.1) is 17.2 Å². The maximum absolute atomic E-state index is 12.7. The SMILES string of the molecule is CC(C)CCn1cc(-c2cc(C#N)n(C(F)F)c2)cn1. The lowest BCUT2D eigenvalue weighted by atomic mass is 10.1. The van der Waals surface area contributed by atoms with Gasteiger partial charge in [0.25, 0.3) is 0 Å². The Bertz CT molecular complexity index is 619. The lowest BCUT2D eigenvalue weighted by Gasteiger charge is -2.03. The molecule has 0 saturated carbocycles. The lowest BCUT2D eigenvalue weighted by Crippen LogP contribution is -2.01. The monoisotopic (exact) mass is 278 g/mol. The number of rotatable bonds is 5. The molecular formula is C14H16F2N4. The molecule has 0 spiro atoms. The molecule has 0 amide bonds. The van der Waals surface area contributed by atoms with Crippen LogP contribution >= 0.6 is 0 Å². The first kappa shape index (κ1) is 14.3. The van der Waals surface area contributed by atoms with Gasteiger partial charge in [-0.15, -0.1) is 0 Å². The molecule has 6 heteroatoms. The molecule has 2 rings (SSSR count). The van der Waals surface area contributed by atoms with Gasteiger partial charge < -0.3 is 0 Å². The molecule has 4 nitrogen and oxygen atoms in total. The van der Waals surface area contributed by atoms with Crippen molar-refractivity contribution in [3.8, 4) is 17.2 Å². The van der Waals surface area contributed by atoms with Crippen LogP contribution in [0.15, 0.2) is 24.7 Å². The minimum absolute atomic E-state index is 0.0510. The van der Waals surface area contributed by atoms with Gasteiger partial charge in [-0.25, -0.2) is 0 Å². The quantitative estimate of drug-likeness (QED) is 0.837. The number of aryl methyl sites for hydroxylation is 1. The molecule has 2 aromatic heterocycles. The summed E-state index contributed by atoms with van der Waals surface area (Å²) in [6, 6.07) is 3.22. The van der Waals surface area contributed by atoms with E-state index in [1.165, 1.54) is 12.3 Å². The van der Waals surface area contributed by atoms with Gasteiger partial charge in [-0.05, 0) is 18.4 Å². The van der Waals surface area contributed by atoms with E-state index >= 15 is 0 Å². The zero-order valence-electron chi connectivity index (χ0n) is 11.4. The fraction of sp³-hybridized carbons (Fsp3) is 0.429. The van der Waals surface area contributed by atoms with Gasteiger partial charge in [0.1, 0.15) is 11.8 Å². The van der Waals surface area contributed by atoms with Crippen molar-refractivity contribution < 1.29 is 8.78 Å². The minimum atomic E-state index is -2.71. The van der Waals surface area contributed by atoms with Crippen molar-refractivity contribution in [3.63, 3.8) is 0 Å². The molecule has 0 saturated heterocycles. The molecule has 0 fully saturated rings. The standard InChI is InChI=1S/C14H16F2N4/c1-10(2)3-4-19-8-12(7-18-19)11-5-13(6-17)20(9-11)14(15)16/h5,7-10,14H,3-4H2,1-2H3. The Morgan fingerprint density at radius 2 is 2.05 bits per heavy atom. The van der Waals surface area contributed by atoms with E-state index in [4.69, 9.17) is 5.26 Å². The molecule has 2 aromatic rings. The van der Waals surface area contributed by atoms with E-state index in [0.717, 1.165) is 18.5 Å². The summed E-state index contributed by atoms with van der Waals surface area (Å²) < 4.78 is 28.0. The van der Waals surface area contributed by atoms with Gasteiger partial charge in [0.05, 0.1) is 6.20 Å². The van der Waals surface area contributed by atoms with Crippen LogP contribution in [0.1, 0.15) is 32.5 Å². The molecule has 0 bridgehead atoms. The van der Waals surface area contributed by atoms with Crippen LogP contribution in [0.3, 0.4) is 0 Å². The third-order valence-corrected chi connectivity index (χ3v) is 3.08. The van der Waals surface area contributed by atoms with Gasteiger partial charge >= 0.3 is 6.55 Å². The van der Waals surface area contributed by atoms with Gasteiger partial charge in [0.15, 0.2) is 0 Å². The Balaban J connectivity index is 2.22. The van der Waals surface area contributed by atoms with E-state index in [1.54, 1.807) is 16.9 Å². The van der Waals surface area contributed by atoms with Crippen LogP contribution < -0.4 is 0 Å². The van der Waals surface area contributed by atoms with Crippen molar-refractivity contribution in [3.05, 3.63) is 30.4 Å². The molecular weight excluding hydrogens is 262 g/mol. The van der Waals surface area contributed by atoms with Gasteiger partial charge in [-0.2, -0.15) is 19.1 Å². The Morgan fingerprint density at radius 1 is 1.30 bits per heavy atom. The second-order valence-corrected chi connectivity index (χ2v) is 5.09. The van der Waals surface area contributed by atoms with E-state index in [2.05, 4.69) is 18.9 Å². The summed E-state index contributed by atoms with van der Waals surface area (Å²) >= 11 is 0. The zero-order chi connectivity index (χ0) is 14.7. The average Bonchev–Trinajstić information content (AvgIpc) is 3.02. The van der Waals surface area contributed by atoms with Crippen molar-refractivity contribution in [2.45, 2.75) is 33.4 Å². The van der Waals surface area contributed by atoms with Crippen molar-refractivity contribution in [2.24, 2.45) is 5.92 Å². The van der Waals surface area contributed by atoms with Gasteiger partial charge in [0, 0.05) is 30.1 Å². The molecule has 0 aromatic carbocycles. The number of nitrogens with zero attached hydrogens (tertiary/aromatic N) is 4. The fourth-order valence-corrected chi connectivity index (χ4v) is 1.91. The molecule has 0 atom stereocenters. The van der Waals surface area contributed by atoms with E-state index in [9.17, 15) is 8.78 Å². The largest absolute Gasteiger partial charge is 0.319 e. The predicted octanol–water partition coefficient (Wildman–Crippen LogP) is 3.66. The normalized spacial score (nSPS) is 11.2. The smallest absolute Gasteiger partial charge is 0.282 e. The first-order chi connectivity index (χ1) is 9.51. The van der Waals surface area contributed by atoms with Crippen molar-refractivity contribution in [1.29, 1.82) is 5.26 Å². The molecule has 20 heavy (non-hydrogen) atoms. The molecule has 2 heterocycles. The van der Waals surface area contributed by atoms with Crippen LogP contribution in [0.4, 0.5) is 8.78 Å². The highest BCUT2D eigenvalue weighted by molar-refractivity contribution is 5.63. The summed E-state index contributed by atoms with van der Waals surface area (Å²) in [5, 5.41) is 13.1. The number of halogens is 2. The summed E-state index contributed by atoms with van der Waals surface area (Å²) in [4.78, 5) is 0. The van der Waals surface area contributed by atoms with Gasteiger partial charge in [0.2, 0.25) is 0 Å². The van der Waals surface area contributed by atoms with Crippen molar-refractivity contribution >= 4 is 0 Å². The van der Waals surface area contributed by atoms with E-state index in [-0.39, 0.29) is 5.69 Å². The second-order valence-electron chi connectivity index (χ2n) is 5.09. The maximum atomic E-state index is 12.7. The fourth-order valence-electron chi connectivity index (χ4n) is 1.91. The average molecular weight is 278 g/mol. The maximum Gasteiger partial charge on any atom is 0.319 e. The number of hydrogen-bond donors (Lipinski definition) is 0. The third-order valence-electron chi connectivity index (χ3n) is 3.08. The Hall–Kier alpha value is -2.16. The molecule has 0 aliphatic carbocycles. The Kier molecular flexibility index (Phi) is 4.18. The summed E-state index contributed by atoms with van der Waals surface area (Å²) in [5.74, 6) is 0.577. The van der Waals surface area contributed by atoms with Crippen LogP contribution in [-0.4, -0.2) is 14.3 Å². The van der Waals surface area contributed by atoms with E-state index in [1.807, 2.05) is 6.20 Å². The Labute approximate surface area is 116 Å². The number of alkyl halides is 2. The highest BCUT2D eigenvalue weighted by atomic mass is 19.3.